The summed E-state index contributed by atoms with van der Waals surface area (Å²) in [6.07, 6.45) is 3.98. The van der Waals surface area contributed by atoms with Crippen LogP contribution in [0.5, 0.6) is 0 Å². The highest BCUT2D eigenvalue weighted by atomic mass is 35.5. The molecule has 2 N–H and O–H groups in total. The summed E-state index contributed by atoms with van der Waals surface area (Å²) >= 11 is 1.65. The molecule has 1 amide bonds. The van der Waals surface area contributed by atoms with Gasteiger partial charge < -0.3 is 10.6 Å². The maximum Gasteiger partial charge on any atom is 0.224 e. The first-order valence-corrected chi connectivity index (χ1v) is 9.12. The maximum atomic E-state index is 12.1. The molecule has 3 rings (SSSR count). The maximum absolute atomic E-state index is 12.1. The fourth-order valence-corrected chi connectivity index (χ4v) is 3.57. The van der Waals surface area contributed by atoms with Gasteiger partial charge in [0.2, 0.25) is 5.91 Å². The number of aromatic nitrogens is 1. The Hall–Kier alpha value is -1.43. The smallest absolute Gasteiger partial charge is 0.224 e. The molecule has 130 valence electrons. The fraction of sp³-hybridized carbons (Fsp3) is 0.444. The monoisotopic (exact) mass is 365 g/mol. The molecule has 0 aliphatic carbocycles. The number of piperidine rings is 1. The zero-order valence-electron chi connectivity index (χ0n) is 13.9. The Kier molecular flexibility index (Phi) is 7.21. The van der Waals surface area contributed by atoms with Crippen LogP contribution in [0.2, 0.25) is 0 Å². The first-order valence-electron chi connectivity index (χ1n) is 8.24. The zero-order chi connectivity index (χ0) is 16.1. The third kappa shape index (κ3) is 5.30. The fourth-order valence-electron chi connectivity index (χ4n) is 2.95. The number of halogens is 1. The van der Waals surface area contributed by atoms with Crippen molar-refractivity contribution in [1.29, 1.82) is 0 Å². The van der Waals surface area contributed by atoms with Crippen LogP contribution < -0.4 is 10.6 Å². The zero-order valence-corrected chi connectivity index (χ0v) is 15.5. The van der Waals surface area contributed by atoms with Crippen molar-refractivity contribution in [3.8, 4) is 11.3 Å². The highest BCUT2D eigenvalue weighted by Gasteiger charge is 2.14. The number of carbonyl (C=O) groups is 1. The average molecular weight is 366 g/mol. The van der Waals surface area contributed by atoms with Gasteiger partial charge in [-0.3, -0.25) is 4.79 Å². The molecular formula is C18H24ClN3OS. The lowest BCUT2D eigenvalue weighted by atomic mass is 9.93. The van der Waals surface area contributed by atoms with E-state index in [1.807, 2.05) is 31.2 Å². The van der Waals surface area contributed by atoms with Crippen LogP contribution >= 0.6 is 23.7 Å². The molecule has 1 aliphatic rings. The Labute approximate surface area is 153 Å². The number of aryl methyl sites for hydroxylation is 1. The number of nitrogens with zero attached hydrogens (tertiary/aromatic N) is 1. The van der Waals surface area contributed by atoms with Crippen LogP contribution in [0.1, 0.15) is 30.7 Å². The summed E-state index contributed by atoms with van der Waals surface area (Å²) in [5, 5.41) is 9.47. The lowest BCUT2D eigenvalue weighted by Crippen LogP contribution is -2.28. The number of nitrogens with one attached hydrogen (secondary N) is 2. The third-order valence-electron chi connectivity index (χ3n) is 4.32. The second-order valence-corrected chi connectivity index (χ2v) is 7.17. The molecule has 1 aromatic carbocycles. The van der Waals surface area contributed by atoms with Gasteiger partial charge in [0, 0.05) is 23.1 Å². The number of benzene rings is 1. The van der Waals surface area contributed by atoms with Gasteiger partial charge in [-0.2, -0.15) is 0 Å². The Morgan fingerprint density at radius 3 is 2.62 bits per heavy atom. The molecule has 2 aromatic rings. The average Bonchev–Trinajstić information content (AvgIpc) is 3.01. The summed E-state index contributed by atoms with van der Waals surface area (Å²) in [7, 11) is 0. The molecule has 24 heavy (non-hydrogen) atoms. The molecule has 4 nitrogen and oxygen atoms in total. The van der Waals surface area contributed by atoms with E-state index in [4.69, 9.17) is 0 Å². The van der Waals surface area contributed by atoms with Crippen molar-refractivity contribution >= 4 is 35.3 Å². The van der Waals surface area contributed by atoms with Crippen LogP contribution in [0.3, 0.4) is 0 Å². The molecule has 1 aromatic heterocycles. The van der Waals surface area contributed by atoms with Crippen LogP contribution in [0.25, 0.3) is 11.3 Å². The summed E-state index contributed by atoms with van der Waals surface area (Å²) in [5.74, 6) is 0.804. The van der Waals surface area contributed by atoms with Crippen molar-refractivity contribution in [2.45, 2.75) is 32.6 Å². The van der Waals surface area contributed by atoms with E-state index in [-0.39, 0.29) is 18.3 Å². The second-order valence-electron chi connectivity index (χ2n) is 6.11. The molecule has 0 atom stereocenters. The Bertz CT molecular complexity index is 651. The summed E-state index contributed by atoms with van der Waals surface area (Å²) in [4.78, 5) is 16.6. The number of carbonyl (C=O) groups excluding carboxylic acids is 1. The van der Waals surface area contributed by atoms with Crippen molar-refractivity contribution < 1.29 is 4.79 Å². The van der Waals surface area contributed by atoms with Gasteiger partial charge >= 0.3 is 0 Å². The van der Waals surface area contributed by atoms with E-state index in [0.717, 1.165) is 41.5 Å². The molecule has 0 saturated carbocycles. The number of thiazole rings is 1. The molecule has 2 heterocycles. The Morgan fingerprint density at radius 1 is 1.29 bits per heavy atom. The van der Waals surface area contributed by atoms with E-state index in [1.54, 1.807) is 11.3 Å². The second kappa shape index (κ2) is 9.16. The summed E-state index contributed by atoms with van der Waals surface area (Å²) in [6, 6.07) is 7.92. The van der Waals surface area contributed by atoms with Crippen LogP contribution in [0.15, 0.2) is 29.6 Å². The predicted molar refractivity (Wildman–Crippen MR) is 103 cm³/mol. The number of amides is 1. The van der Waals surface area contributed by atoms with Crippen molar-refractivity contribution in [1.82, 2.24) is 10.3 Å². The minimum Gasteiger partial charge on any atom is -0.326 e. The Balaban J connectivity index is 0.00000208. The third-order valence-corrected chi connectivity index (χ3v) is 5.10. The van der Waals surface area contributed by atoms with E-state index in [9.17, 15) is 4.79 Å². The standard InChI is InChI=1S/C18H23N3OS.ClH/c1-13-20-17(12-23-13)15-3-5-16(6-4-15)21-18(22)7-2-14-8-10-19-11-9-14;/h3-6,12,14,19H,2,7-11H2,1H3,(H,21,22);1H. The van der Waals surface area contributed by atoms with Gasteiger partial charge in [0.25, 0.3) is 0 Å². The number of anilines is 1. The topological polar surface area (TPSA) is 54.0 Å². The normalized spacial score (nSPS) is 14.9. The number of hydrogen-bond acceptors (Lipinski definition) is 4. The van der Waals surface area contributed by atoms with Gasteiger partial charge in [0.1, 0.15) is 0 Å². The highest BCUT2D eigenvalue weighted by molar-refractivity contribution is 7.09. The predicted octanol–water partition coefficient (Wildman–Crippen LogP) is 4.26. The van der Waals surface area contributed by atoms with Gasteiger partial charge in [-0.15, -0.1) is 23.7 Å². The van der Waals surface area contributed by atoms with Gasteiger partial charge in [-0.1, -0.05) is 12.1 Å². The molecule has 0 unspecified atom stereocenters. The van der Waals surface area contributed by atoms with Gasteiger partial charge in [-0.25, -0.2) is 4.98 Å². The summed E-state index contributed by atoms with van der Waals surface area (Å²) < 4.78 is 0. The minimum absolute atomic E-state index is 0. The molecule has 1 fully saturated rings. The van der Waals surface area contributed by atoms with Crippen LogP contribution in [-0.4, -0.2) is 24.0 Å². The SMILES string of the molecule is Cc1nc(-c2ccc(NC(=O)CCC3CCNCC3)cc2)cs1.Cl. The molecule has 0 radical (unpaired) electrons. The lowest BCUT2D eigenvalue weighted by molar-refractivity contribution is -0.116. The van der Waals surface area contributed by atoms with Crippen LogP contribution in [0.4, 0.5) is 5.69 Å². The molecule has 0 bridgehead atoms. The molecule has 6 heteroatoms. The van der Waals surface area contributed by atoms with Gasteiger partial charge in [-0.05, 0) is 57.3 Å². The van der Waals surface area contributed by atoms with Crippen molar-refractivity contribution in [3.63, 3.8) is 0 Å². The lowest BCUT2D eigenvalue weighted by Gasteiger charge is -2.22. The van der Waals surface area contributed by atoms with Gasteiger partial charge in [0.05, 0.1) is 10.7 Å². The summed E-state index contributed by atoms with van der Waals surface area (Å²) in [6.45, 7) is 4.18. The molecular weight excluding hydrogens is 342 g/mol. The van der Waals surface area contributed by atoms with Crippen LogP contribution in [-0.2, 0) is 4.79 Å². The quantitative estimate of drug-likeness (QED) is 0.832. The summed E-state index contributed by atoms with van der Waals surface area (Å²) in [5.41, 5.74) is 2.94. The first-order chi connectivity index (χ1) is 11.2. The van der Waals surface area contributed by atoms with E-state index < -0.39 is 0 Å². The van der Waals surface area contributed by atoms with E-state index >= 15 is 0 Å². The van der Waals surface area contributed by atoms with E-state index in [0.29, 0.717) is 12.3 Å². The molecule has 0 spiro atoms. The van der Waals surface area contributed by atoms with Crippen molar-refractivity contribution in [3.05, 3.63) is 34.7 Å². The number of hydrogen-bond donors (Lipinski definition) is 2. The first kappa shape index (κ1) is 18.9. The Morgan fingerprint density at radius 2 is 2.00 bits per heavy atom. The van der Waals surface area contributed by atoms with Crippen molar-refractivity contribution in [2.75, 3.05) is 18.4 Å². The van der Waals surface area contributed by atoms with Crippen molar-refractivity contribution in [2.24, 2.45) is 5.92 Å². The van der Waals surface area contributed by atoms with Gasteiger partial charge in [0.15, 0.2) is 0 Å². The largest absolute Gasteiger partial charge is 0.326 e. The highest BCUT2D eigenvalue weighted by Crippen LogP contribution is 2.23. The molecule has 1 saturated heterocycles. The number of rotatable bonds is 5. The van der Waals surface area contributed by atoms with Crippen LogP contribution in [0, 0.1) is 12.8 Å². The minimum atomic E-state index is 0. The van der Waals surface area contributed by atoms with E-state index in [2.05, 4.69) is 21.0 Å². The molecule has 1 aliphatic heterocycles. The van der Waals surface area contributed by atoms with E-state index in [1.165, 1.54) is 12.8 Å².